The minimum Gasteiger partial charge on any atom is -0.103 e. The largest absolute Gasteiger partial charge is 0.103 e. The lowest BCUT2D eigenvalue weighted by atomic mass is 9.82. The average molecular weight is 169 g/mol. The van der Waals surface area contributed by atoms with Crippen LogP contribution in [0.1, 0.15) is 18.1 Å². The van der Waals surface area contributed by atoms with Gasteiger partial charge in [-0.05, 0) is 17.5 Å². The molecule has 1 unspecified atom stereocenters. The Kier molecular flexibility index (Phi) is 1.84. The van der Waals surface area contributed by atoms with Crippen molar-refractivity contribution in [3.05, 3.63) is 60.5 Å². The second kappa shape index (κ2) is 2.88. The van der Waals surface area contributed by atoms with E-state index in [1.54, 1.807) is 0 Å². The molecule has 0 spiro atoms. The van der Waals surface area contributed by atoms with Gasteiger partial charge in [-0.3, -0.25) is 0 Å². The molecule has 1 aliphatic carbocycles. The molecule has 0 heteroatoms. The predicted octanol–water partition coefficient (Wildman–Crippen LogP) is 3.36. The zero-order valence-corrected chi connectivity index (χ0v) is 7.83. The summed E-state index contributed by atoms with van der Waals surface area (Å²) in [7, 11) is 0. The summed E-state index contributed by atoms with van der Waals surface area (Å²) in [6.07, 6.45) is 8.40. The van der Waals surface area contributed by atoms with Crippen molar-refractivity contribution in [2.24, 2.45) is 0 Å². The van der Waals surface area contributed by atoms with Crippen LogP contribution in [0, 0.1) is 6.42 Å². The standard InChI is InChI=1S/C13H13/c1-3-9-13(2)10-8-11-6-4-5-7-12(11)13/h3-10H,1H2,2H3. The first-order valence-electron chi connectivity index (χ1n) is 4.52. The minimum absolute atomic E-state index is 0.0539. The van der Waals surface area contributed by atoms with Gasteiger partial charge in [-0.25, -0.2) is 0 Å². The smallest absolute Gasteiger partial charge is 0.0181 e. The van der Waals surface area contributed by atoms with Gasteiger partial charge in [0.15, 0.2) is 0 Å². The molecule has 1 aromatic rings. The van der Waals surface area contributed by atoms with Crippen molar-refractivity contribution in [1.29, 1.82) is 0 Å². The summed E-state index contributed by atoms with van der Waals surface area (Å²) in [6, 6.07) is 8.48. The third-order valence-corrected chi connectivity index (χ3v) is 2.61. The Morgan fingerprint density at radius 1 is 1.31 bits per heavy atom. The van der Waals surface area contributed by atoms with Crippen LogP contribution < -0.4 is 0 Å². The first kappa shape index (κ1) is 8.31. The van der Waals surface area contributed by atoms with Crippen molar-refractivity contribution in [2.75, 3.05) is 0 Å². The van der Waals surface area contributed by atoms with Crippen molar-refractivity contribution < 1.29 is 0 Å². The maximum Gasteiger partial charge on any atom is 0.0181 e. The van der Waals surface area contributed by atoms with Gasteiger partial charge in [0.25, 0.3) is 0 Å². The third kappa shape index (κ3) is 1.23. The first-order valence-corrected chi connectivity index (χ1v) is 4.52. The van der Waals surface area contributed by atoms with Crippen molar-refractivity contribution >= 4 is 6.08 Å². The Morgan fingerprint density at radius 2 is 2.08 bits per heavy atom. The van der Waals surface area contributed by atoms with E-state index in [9.17, 15) is 0 Å². The van der Waals surface area contributed by atoms with Crippen LogP contribution in [0.5, 0.6) is 0 Å². The van der Waals surface area contributed by atoms with Crippen molar-refractivity contribution in [1.82, 2.24) is 0 Å². The van der Waals surface area contributed by atoms with E-state index in [-0.39, 0.29) is 5.41 Å². The quantitative estimate of drug-likeness (QED) is 0.636. The Bertz CT molecular complexity index is 360. The monoisotopic (exact) mass is 169 g/mol. The zero-order valence-electron chi connectivity index (χ0n) is 7.83. The van der Waals surface area contributed by atoms with Crippen LogP contribution in [0.2, 0.25) is 0 Å². The molecule has 0 heterocycles. The molecule has 0 bridgehead atoms. The van der Waals surface area contributed by atoms with Gasteiger partial charge in [0, 0.05) is 5.41 Å². The summed E-state index contributed by atoms with van der Waals surface area (Å²) in [6.45, 7) is 5.96. The van der Waals surface area contributed by atoms with Gasteiger partial charge < -0.3 is 0 Å². The molecule has 0 aromatic heterocycles. The van der Waals surface area contributed by atoms with E-state index >= 15 is 0 Å². The molecular formula is C13H13. The zero-order chi connectivity index (χ0) is 9.31. The Hall–Kier alpha value is -1.30. The van der Waals surface area contributed by atoms with Crippen LogP contribution in [0.25, 0.3) is 6.08 Å². The van der Waals surface area contributed by atoms with Gasteiger partial charge >= 0.3 is 0 Å². The summed E-state index contributed by atoms with van der Waals surface area (Å²) in [5.74, 6) is 0. The third-order valence-electron chi connectivity index (χ3n) is 2.61. The van der Waals surface area contributed by atoms with Crippen molar-refractivity contribution in [3.8, 4) is 0 Å². The van der Waals surface area contributed by atoms with Gasteiger partial charge in [-0.2, -0.15) is 0 Å². The maximum absolute atomic E-state index is 3.75. The van der Waals surface area contributed by atoms with Crippen LogP contribution in [-0.4, -0.2) is 0 Å². The summed E-state index contributed by atoms with van der Waals surface area (Å²) in [4.78, 5) is 0. The normalized spacial score (nSPS) is 24.4. The molecule has 0 N–H and O–H groups in total. The molecule has 0 nitrogen and oxygen atoms in total. The van der Waals surface area contributed by atoms with Gasteiger partial charge in [0.2, 0.25) is 0 Å². The summed E-state index contributed by atoms with van der Waals surface area (Å²) < 4.78 is 0. The molecule has 65 valence electrons. The van der Waals surface area contributed by atoms with Crippen LogP contribution in [0.4, 0.5) is 0 Å². The summed E-state index contributed by atoms with van der Waals surface area (Å²) in [5, 5.41) is 0. The van der Waals surface area contributed by atoms with Crippen LogP contribution in [0.3, 0.4) is 0 Å². The number of hydrogen-bond donors (Lipinski definition) is 0. The van der Waals surface area contributed by atoms with E-state index < -0.39 is 0 Å². The molecule has 0 fully saturated rings. The van der Waals surface area contributed by atoms with Gasteiger partial charge in [-0.1, -0.05) is 49.4 Å². The average Bonchev–Trinajstić information content (AvgIpc) is 2.46. The van der Waals surface area contributed by atoms with E-state index in [0.29, 0.717) is 0 Å². The fourth-order valence-electron chi connectivity index (χ4n) is 1.88. The number of benzene rings is 1. The molecule has 1 radical (unpaired) electrons. The molecule has 0 amide bonds. The SMILES string of the molecule is C=C[CH]C1(C)C=Cc2ccccc21. The number of allylic oxidation sites excluding steroid dienone is 2. The Morgan fingerprint density at radius 3 is 2.85 bits per heavy atom. The number of rotatable bonds is 2. The highest BCUT2D eigenvalue weighted by Crippen LogP contribution is 2.37. The van der Waals surface area contributed by atoms with Gasteiger partial charge in [0.05, 0.1) is 0 Å². The lowest BCUT2D eigenvalue weighted by Gasteiger charge is -2.21. The number of fused-ring (bicyclic) bond motifs is 1. The van der Waals surface area contributed by atoms with Crippen LogP contribution in [-0.2, 0) is 5.41 Å². The van der Waals surface area contributed by atoms with Crippen LogP contribution >= 0.6 is 0 Å². The van der Waals surface area contributed by atoms with E-state index in [4.69, 9.17) is 0 Å². The topological polar surface area (TPSA) is 0 Å². The minimum atomic E-state index is 0.0539. The van der Waals surface area contributed by atoms with Crippen LogP contribution in [0.15, 0.2) is 43.0 Å². The van der Waals surface area contributed by atoms with Gasteiger partial charge in [-0.15, -0.1) is 6.58 Å². The van der Waals surface area contributed by atoms with Crippen molar-refractivity contribution in [3.63, 3.8) is 0 Å². The fourth-order valence-corrected chi connectivity index (χ4v) is 1.88. The molecule has 1 atom stereocenters. The van der Waals surface area contributed by atoms with Gasteiger partial charge in [0.1, 0.15) is 0 Å². The highest BCUT2D eigenvalue weighted by Gasteiger charge is 2.27. The Labute approximate surface area is 79.6 Å². The van der Waals surface area contributed by atoms with Crippen molar-refractivity contribution in [2.45, 2.75) is 12.3 Å². The highest BCUT2D eigenvalue weighted by molar-refractivity contribution is 5.66. The second-order valence-electron chi connectivity index (χ2n) is 3.61. The fraction of sp³-hybridized carbons (Fsp3) is 0.154. The molecule has 0 saturated carbocycles. The Balaban J connectivity index is 2.48. The van der Waals surface area contributed by atoms with E-state index in [1.165, 1.54) is 11.1 Å². The predicted molar refractivity (Wildman–Crippen MR) is 57.3 cm³/mol. The highest BCUT2D eigenvalue weighted by atomic mass is 14.3. The number of hydrogen-bond acceptors (Lipinski definition) is 0. The summed E-state index contributed by atoms with van der Waals surface area (Å²) >= 11 is 0. The lowest BCUT2D eigenvalue weighted by Crippen LogP contribution is -2.16. The molecule has 13 heavy (non-hydrogen) atoms. The first-order chi connectivity index (χ1) is 6.26. The lowest BCUT2D eigenvalue weighted by molar-refractivity contribution is 0.731. The molecular weight excluding hydrogens is 156 g/mol. The summed E-state index contributed by atoms with van der Waals surface area (Å²) in [5.41, 5.74) is 2.75. The van der Waals surface area contributed by atoms with E-state index in [1.807, 2.05) is 6.08 Å². The molecule has 1 aliphatic rings. The van der Waals surface area contributed by atoms with E-state index in [0.717, 1.165) is 0 Å². The molecule has 0 aliphatic heterocycles. The maximum atomic E-state index is 3.75. The molecule has 0 saturated heterocycles. The van der Waals surface area contributed by atoms with E-state index in [2.05, 4.69) is 56.3 Å². The molecule has 1 aromatic carbocycles. The molecule has 2 rings (SSSR count). The second-order valence-corrected chi connectivity index (χ2v) is 3.61.